The van der Waals surface area contributed by atoms with E-state index in [4.69, 9.17) is 10.00 Å². The van der Waals surface area contributed by atoms with E-state index in [1.165, 1.54) is 12.4 Å². The largest absolute Gasteiger partial charge is 0.461 e. The van der Waals surface area contributed by atoms with Crippen LogP contribution >= 0.6 is 0 Å². The Bertz CT molecular complexity index is 286. The summed E-state index contributed by atoms with van der Waals surface area (Å²) >= 11 is 0. The molecule has 0 aliphatic heterocycles. The molecule has 0 bridgehead atoms. The highest BCUT2D eigenvalue weighted by Crippen LogP contribution is 2.03. The van der Waals surface area contributed by atoms with Gasteiger partial charge in [-0.2, -0.15) is 5.26 Å². The minimum absolute atomic E-state index is 0.0536. The summed E-state index contributed by atoms with van der Waals surface area (Å²) in [6, 6.07) is 2.24. The second-order valence-electron chi connectivity index (χ2n) is 2.53. The maximum Gasteiger partial charge on any atom is 0.316 e. The second-order valence-corrected chi connectivity index (χ2v) is 2.53. The molecular formula is C8H9N3O. The van der Waals surface area contributed by atoms with Crippen LogP contribution in [0.25, 0.3) is 0 Å². The topological polar surface area (TPSA) is 58.8 Å². The zero-order chi connectivity index (χ0) is 8.97. The van der Waals surface area contributed by atoms with E-state index in [0.29, 0.717) is 11.6 Å². The van der Waals surface area contributed by atoms with E-state index >= 15 is 0 Å². The van der Waals surface area contributed by atoms with Crippen molar-refractivity contribution in [1.82, 2.24) is 9.97 Å². The van der Waals surface area contributed by atoms with Crippen molar-refractivity contribution in [3.8, 4) is 12.1 Å². The van der Waals surface area contributed by atoms with Crippen LogP contribution in [0.4, 0.5) is 0 Å². The summed E-state index contributed by atoms with van der Waals surface area (Å²) in [5.41, 5.74) is 0.436. The molecule has 4 heteroatoms. The van der Waals surface area contributed by atoms with Gasteiger partial charge in [-0.05, 0) is 13.8 Å². The number of nitrogens with zero attached hydrogens (tertiary/aromatic N) is 3. The van der Waals surface area contributed by atoms with Gasteiger partial charge in [0.25, 0.3) is 0 Å². The normalized spacial score (nSPS) is 9.50. The molecule has 0 aliphatic rings. The fraction of sp³-hybridized carbons (Fsp3) is 0.375. The molecule has 0 saturated carbocycles. The number of nitriles is 1. The van der Waals surface area contributed by atoms with Crippen molar-refractivity contribution >= 4 is 0 Å². The summed E-state index contributed by atoms with van der Waals surface area (Å²) < 4.78 is 5.18. The Morgan fingerprint density at radius 3 is 2.42 bits per heavy atom. The Labute approximate surface area is 70.8 Å². The van der Waals surface area contributed by atoms with Gasteiger partial charge in [0, 0.05) is 0 Å². The summed E-state index contributed by atoms with van der Waals surface area (Å²) in [5, 5.41) is 8.44. The highest BCUT2D eigenvalue weighted by Gasteiger charge is 1.99. The molecule has 4 nitrogen and oxygen atoms in total. The lowest BCUT2D eigenvalue weighted by atomic mass is 10.4. The molecule has 1 aromatic heterocycles. The highest BCUT2D eigenvalue weighted by atomic mass is 16.5. The maximum absolute atomic E-state index is 8.44. The van der Waals surface area contributed by atoms with E-state index in [1.54, 1.807) is 0 Å². The van der Waals surface area contributed by atoms with Crippen molar-refractivity contribution in [3.63, 3.8) is 0 Å². The van der Waals surface area contributed by atoms with Gasteiger partial charge < -0.3 is 4.74 Å². The molecule has 0 fully saturated rings. The predicted molar refractivity (Wildman–Crippen MR) is 42.5 cm³/mol. The zero-order valence-electron chi connectivity index (χ0n) is 6.98. The molecule has 0 atom stereocenters. The Morgan fingerprint density at radius 1 is 1.42 bits per heavy atom. The van der Waals surface area contributed by atoms with Crippen LogP contribution < -0.4 is 4.74 Å². The Hall–Kier alpha value is -1.63. The Morgan fingerprint density at radius 2 is 2.00 bits per heavy atom. The van der Waals surface area contributed by atoms with Gasteiger partial charge in [0.2, 0.25) is 0 Å². The first kappa shape index (κ1) is 8.47. The first-order chi connectivity index (χ1) is 5.72. The van der Waals surface area contributed by atoms with Gasteiger partial charge in [-0.3, -0.25) is 0 Å². The summed E-state index contributed by atoms with van der Waals surface area (Å²) in [5.74, 6) is 0. The van der Waals surface area contributed by atoms with Gasteiger partial charge >= 0.3 is 6.01 Å². The smallest absolute Gasteiger partial charge is 0.316 e. The lowest BCUT2D eigenvalue weighted by Crippen LogP contribution is -2.08. The summed E-state index contributed by atoms with van der Waals surface area (Å²) in [4.78, 5) is 7.67. The van der Waals surface area contributed by atoms with E-state index in [9.17, 15) is 0 Å². The molecule has 0 amide bonds. The van der Waals surface area contributed by atoms with E-state index in [0.717, 1.165) is 0 Å². The molecule has 1 heterocycles. The molecule has 62 valence electrons. The maximum atomic E-state index is 8.44. The van der Waals surface area contributed by atoms with Crippen LogP contribution in [-0.4, -0.2) is 16.1 Å². The number of hydrogen-bond acceptors (Lipinski definition) is 4. The van der Waals surface area contributed by atoms with Gasteiger partial charge in [-0.15, -0.1) is 0 Å². The lowest BCUT2D eigenvalue weighted by Gasteiger charge is -2.05. The standard InChI is InChI=1S/C8H9N3O/c1-6(2)12-8-10-4-7(3-9)5-11-8/h4-6H,1-2H3. The van der Waals surface area contributed by atoms with Crippen LogP contribution in [0.1, 0.15) is 19.4 Å². The fourth-order valence-electron chi connectivity index (χ4n) is 0.646. The Balaban J connectivity index is 2.73. The van der Waals surface area contributed by atoms with Gasteiger partial charge in [0.1, 0.15) is 6.07 Å². The summed E-state index contributed by atoms with van der Waals surface area (Å²) in [6.45, 7) is 3.78. The third-order valence-corrected chi connectivity index (χ3v) is 1.10. The van der Waals surface area contributed by atoms with Crippen molar-refractivity contribution in [2.24, 2.45) is 0 Å². The van der Waals surface area contributed by atoms with E-state index in [-0.39, 0.29) is 6.10 Å². The van der Waals surface area contributed by atoms with Crippen molar-refractivity contribution in [1.29, 1.82) is 5.26 Å². The third kappa shape index (κ3) is 2.20. The summed E-state index contributed by atoms with van der Waals surface area (Å²) in [6.07, 6.45) is 2.92. The Kier molecular flexibility index (Phi) is 2.59. The average Bonchev–Trinajstić information content (AvgIpc) is 2.05. The minimum atomic E-state index is 0.0536. The molecule has 1 aromatic rings. The first-order valence-corrected chi connectivity index (χ1v) is 3.61. The number of ether oxygens (including phenoxy) is 1. The molecule has 1 rings (SSSR count). The van der Waals surface area contributed by atoms with Crippen LogP contribution in [0.15, 0.2) is 12.4 Å². The predicted octanol–water partition coefficient (Wildman–Crippen LogP) is 1.14. The molecular weight excluding hydrogens is 154 g/mol. The minimum Gasteiger partial charge on any atom is -0.461 e. The van der Waals surface area contributed by atoms with E-state index in [2.05, 4.69) is 9.97 Å². The number of aromatic nitrogens is 2. The number of rotatable bonds is 2. The second kappa shape index (κ2) is 3.67. The van der Waals surface area contributed by atoms with E-state index in [1.807, 2.05) is 19.9 Å². The van der Waals surface area contributed by atoms with Gasteiger partial charge in [0.05, 0.1) is 24.1 Å². The average molecular weight is 163 g/mol. The molecule has 0 saturated heterocycles. The van der Waals surface area contributed by atoms with Crippen molar-refractivity contribution in [2.75, 3.05) is 0 Å². The molecule has 0 N–H and O–H groups in total. The third-order valence-electron chi connectivity index (χ3n) is 1.10. The zero-order valence-corrected chi connectivity index (χ0v) is 6.98. The quantitative estimate of drug-likeness (QED) is 0.655. The molecule has 0 aliphatic carbocycles. The molecule has 12 heavy (non-hydrogen) atoms. The highest BCUT2D eigenvalue weighted by molar-refractivity contribution is 5.22. The van der Waals surface area contributed by atoms with Crippen molar-refractivity contribution < 1.29 is 4.74 Å². The van der Waals surface area contributed by atoms with Crippen LogP contribution in [0.2, 0.25) is 0 Å². The van der Waals surface area contributed by atoms with Gasteiger partial charge in [-0.25, -0.2) is 9.97 Å². The first-order valence-electron chi connectivity index (χ1n) is 3.61. The monoisotopic (exact) mass is 163 g/mol. The van der Waals surface area contributed by atoms with Crippen LogP contribution in [-0.2, 0) is 0 Å². The van der Waals surface area contributed by atoms with Gasteiger partial charge in [0.15, 0.2) is 0 Å². The molecule has 0 spiro atoms. The lowest BCUT2D eigenvalue weighted by molar-refractivity contribution is 0.222. The SMILES string of the molecule is CC(C)Oc1ncc(C#N)cn1. The molecule has 0 radical (unpaired) electrons. The fourth-order valence-corrected chi connectivity index (χ4v) is 0.646. The van der Waals surface area contributed by atoms with Crippen LogP contribution in [0.3, 0.4) is 0 Å². The van der Waals surface area contributed by atoms with E-state index < -0.39 is 0 Å². The summed E-state index contributed by atoms with van der Waals surface area (Å²) in [7, 11) is 0. The van der Waals surface area contributed by atoms with Gasteiger partial charge in [-0.1, -0.05) is 0 Å². The molecule has 0 unspecified atom stereocenters. The number of hydrogen-bond donors (Lipinski definition) is 0. The van der Waals surface area contributed by atoms with Crippen molar-refractivity contribution in [2.45, 2.75) is 20.0 Å². The van der Waals surface area contributed by atoms with Crippen molar-refractivity contribution in [3.05, 3.63) is 18.0 Å². The van der Waals surface area contributed by atoms with Crippen LogP contribution in [0.5, 0.6) is 6.01 Å². The molecule has 0 aromatic carbocycles. The van der Waals surface area contributed by atoms with Crippen LogP contribution in [0, 0.1) is 11.3 Å².